The third-order valence-electron chi connectivity index (χ3n) is 1.73. The summed E-state index contributed by atoms with van der Waals surface area (Å²) in [5.41, 5.74) is 0.762. The van der Waals surface area contributed by atoms with E-state index in [1.165, 1.54) is 6.42 Å². The van der Waals surface area contributed by atoms with Crippen molar-refractivity contribution in [2.45, 2.75) is 59.0 Å². The molecule has 2 heteroatoms. The molecule has 0 heterocycles. The van der Waals surface area contributed by atoms with E-state index in [9.17, 15) is 0 Å². The van der Waals surface area contributed by atoms with Crippen LogP contribution in [0.15, 0.2) is 0 Å². The molecule has 0 fully saturated rings. The minimum absolute atomic E-state index is 0. The molecular weight excluding hydrogens is 158 g/mol. The zero-order valence-electron chi connectivity index (χ0n) is 8.66. The van der Waals surface area contributed by atoms with Gasteiger partial charge in [0, 0.05) is 0 Å². The van der Waals surface area contributed by atoms with Gasteiger partial charge in [-0.2, -0.15) is 0 Å². The van der Waals surface area contributed by atoms with E-state index in [0.717, 1.165) is 0 Å². The SMILES string of the molecule is CCC(C)(C)[NH2+]C(C)(C)C.[Cl-]. The molecule has 0 aliphatic carbocycles. The second kappa shape index (κ2) is 4.32. The van der Waals surface area contributed by atoms with Crippen molar-refractivity contribution >= 4 is 0 Å². The average molecular weight is 180 g/mol. The maximum absolute atomic E-state index is 2.43. The van der Waals surface area contributed by atoms with Crippen molar-refractivity contribution in [3.05, 3.63) is 0 Å². The van der Waals surface area contributed by atoms with Crippen LogP contribution in [0.5, 0.6) is 0 Å². The fourth-order valence-corrected chi connectivity index (χ4v) is 1.27. The number of halogens is 1. The Morgan fingerprint density at radius 3 is 1.45 bits per heavy atom. The van der Waals surface area contributed by atoms with Crippen LogP contribution in [0.2, 0.25) is 0 Å². The van der Waals surface area contributed by atoms with Gasteiger partial charge < -0.3 is 17.7 Å². The predicted octanol–water partition coefficient (Wildman–Crippen LogP) is -1.46. The van der Waals surface area contributed by atoms with Crippen LogP contribution in [0, 0.1) is 0 Å². The van der Waals surface area contributed by atoms with Crippen molar-refractivity contribution in [2.24, 2.45) is 0 Å². The summed E-state index contributed by atoms with van der Waals surface area (Å²) in [4.78, 5) is 0. The summed E-state index contributed by atoms with van der Waals surface area (Å²) in [5.74, 6) is 0. The van der Waals surface area contributed by atoms with Crippen molar-refractivity contribution in [3.8, 4) is 0 Å². The summed E-state index contributed by atoms with van der Waals surface area (Å²) in [7, 11) is 0. The van der Waals surface area contributed by atoms with E-state index in [1.54, 1.807) is 0 Å². The minimum Gasteiger partial charge on any atom is -1.00 e. The largest absolute Gasteiger partial charge is 1.00 e. The number of nitrogens with two attached hydrogens (primary N) is 1. The van der Waals surface area contributed by atoms with E-state index in [-0.39, 0.29) is 12.4 Å². The lowest BCUT2D eigenvalue weighted by Gasteiger charge is -2.30. The topological polar surface area (TPSA) is 16.6 Å². The minimum atomic E-state index is 0. The molecule has 11 heavy (non-hydrogen) atoms. The Morgan fingerprint density at radius 2 is 1.36 bits per heavy atom. The Bertz CT molecular complexity index is 103. The van der Waals surface area contributed by atoms with Crippen LogP contribution in [-0.2, 0) is 0 Å². The summed E-state index contributed by atoms with van der Waals surface area (Å²) in [5, 5.41) is 2.43. The summed E-state index contributed by atoms with van der Waals surface area (Å²) < 4.78 is 0. The van der Waals surface area contributed by atoms with Gasteiger partial charge in [0.2, 0.25) is 0 Å². The van der Waals surface area contributed by atoms with Gasteiger partial charge in [-0.3, -0.25) is 0 Å². The lowest BCUT2D eigenvalue weighted by atomic mass is 9.96. The number of rotatable bonds is 2. The van der Waals surface area contributed by atoms with Gasteiger partial charge in [0.25, 0.3) is 0 Å². The zero-order valence-corrected chi connectivity index (χ0v) is 9.42. The summed E-state index contributed by atoms with van der Waals surface area (Å²) in [6, 6.07) is 0. The lowest BCUT2D eigenvalue weighted by molar-refractivity contribution is -0.775. The molecule has 0 unspecified atom stereocenters. The maximum Gasteiger partial charge on any atom is 0.0905 e. The van der Waals surface area contributed by atoms with Gasteiger partial charge in [0.1, 0.15) is 0 Å². The number of hydrogen-bond donors (Lipinski definition) is 1. The fraction of sp³-hybridized carbons (Fsp3) is 1.00. The summed E-state index contributed by atoms with van der Waals surface area (Å²) in [6.07, 6.45) is 1.23. The normalized spacial score (nSPS) is 12.5. The van der Waals surface area contributed by atoms with E-state index in [1.807, 2.05) is 0 Å². The highest BCUT2D eigenvalue weighted by Crippen LogP contribution is 2.03. The predicted molar refractivity (Wildman–Crippen MR) is 46.0 cm³/mol. The molecule has 70 valence electrons. The first-order valence-corrected chi connectivity index (χ1v) is 4.14. The molecule has 1 nitrogen and oxygen atoms in total. The third-order valence-corrected chi connectivity index (χ3v) is 1.73. The Kier molecular flexibility index (Phi) is 5.42. The Hall–Kier alpha value is 0.250. The lowest BCUT2D eigenvalue weighted by Crippen LogP contribution is -3.03. The van der Waals surface area contributed by atoms with Gasteiger partial charge in [-0.25, -0.2) is 0 Å². The molecule has 0 aromatic heterocycles. The molecule has 0 spiro atoms. The smallest absolute Gasteiger partial charge is 0.0905 e. The quantitative estimate of drug-likeness (QED) is 0.534. The average Bonchev–Trinajstić information content (AvgIpc) is 1.60. The maximum atomic E-state index is 2.43. The van der Waals surface area contributed by atoms with Gasteiger partial charge in [-0.15, -0.1) is 0 Å². The van der Waals surface area contributed by atoms with Gasteiger partial charge in [-0.05, 0) is 41.0 Å². The molecule has 0 radical (unpaired) electrons. The van der Waals surface area contributed by atoms with Gasteiger partial charge in [0.05, 0.1) is 11.1 Å². The van der Waals surface area contributed by atoms with Gasteiger partial charge in [-0.1, -0.05) is 6.92 Å². The second-order valence-electron chi connectivity index (χ2n) is 4.85. The molecule has 0 aliphatic rings. The highest BCUT2D eigenvalue weighted by atomic mass is 35.5. The Labute approximate surface area is 77.4 Å². The first kappa shape index (κ1) is 13.8. The number of quaternary nitrogens is 1. The molecule has 0 rings (SSSR count). The second-order valence-corrected chi connectivity index (χ2v) is 4.85. The molecule has 2 N–H and O–H groups in total. The van der Waals surface area contributed by atoms with Crippen LogP contribution in [0.1, 0.15) is 48.0 Å². The van der Waals surface area contributed by atoms with Gasteiger partial charge in [0.15, 0.2) is 0 Å². The molecule has 0 bridgehead atoms. The first-order valence-electron chi connectivity index (χ1n) is 4.14. The standard InChI is InChI=1S/C9H21N.ClH/c1-7-9(5,6)10-8(2,3)4;/h10H,7H2,1-6H3;1H. The third kappa shape index (κ3) is 8.15. The van der Waals surface area contributed by atoms with Crippen LogP contribution < -0.4 is 17.7 Å². The fourth-order valence-electron chi connectivity index (χ4n) is 1.27. The molecule has 0 aliphatic heterocycles. The van der Waals surface area contributed by atoms with Crippen molar-refractivity contribution in [1.82, 2.24) is 0 Å². The molecule has 0 saturated heterocycles. The van der Waals surface area contributed by atoms with Crippen molar-refractivity contribution in [2.75, 3.05) is 0 Å². The molecule has 0 amide bonds. The van der Waals surface area contributed by atoms with Gasteiger partial charge >= 0.3 is 0 Å². The summed E-state index contributed by atoms with van der Waals surface area (Å²) in [6.45, 7) is 13.6. The molecule has 0 atom stereocenters. The van der Waals surface area contributed by atoms with Crippen LogP contribution in [0.25, 0.3) is 0 Å². The van der Waals surface area contributed by atoms with Crippen LogP contribution >= 0.6 is 0 Å². The van der Waals surface area contributed by atoms with E-state index in [4.69, 9.17) is 0 Å². The molecular formula is C9H22ClN. The Morgan fingerprint density at radius 1 is 1.00 bits per heavy atom. The Balaban J connectivity index is 0. The molecule has 0 aromatic rings. The van der Waals surface area contributed by atoms with E-state index >= 15 is 0 Å². The van der Waals surface area contributed by atoms with E-state index in [0.29, 0.717) is 11.1 Å². The van der Waals surface area contributed by atoms with E-state index in [2.05, 4.69) is 46.9 Å². The van der Waals surface area contributed by atoms with Crippen LogP contribution in [0.3, 0.4) is 0 Å². The van der Waals surface area contributed by atoms with Crippen molar-refractivity contribution in [3.63, 3.8) is 0 Å². The molecule has 0 aromatic carbocycles. The monoisotopic (exact) mass is 179 g/mol. The zero-order chi connectivity index (χ0) is 8.41. The molecule has 0 saturated carbocycles. The highest BCUT2D eigenvalue weighted by molar-refractivity contribution is 4.65. The summed E-state index contributed by atoms with van der Waals surface area (Å²) >= 11 is 0. The van der Waals surface area contributed by atoms with E-state index < -0.39 is 0 Å². The van der Waals surface area contributed by atoms with Crippen LogP contribution in [-0.4, -0.2) is 11.1 Å². The van der Waals surface area contributed by atoms with Crippen molar-refractivity contribution < 1.29 is 17.7 Å². The number of hydrogen-bond acceptors (Lipinski definition) is 0. The first-order chi connectivity index (χ1) is 4.27. The highest BCUT2D eigenvalue weighted by Gasteiger charge is 2.25. The van der Waals surface area contributed by atoms with Crippen LogP contribution in [0.4, 0.5) is 0 Å². The van der Waals surface area contributed by atoms with Crippen molar-refractivity contribution in [1.29, 1.82) is 0 Å².